The fourth-order valence-corrected chi connectivity index (χ4v) is 5.53. The lowest BCUT2D eigenvalue weighted by Crippen LogP contribution is -3.14. The number of hydrogen-bond acceptors (Lipinski definition) is 3. The van der Waals surface area contributed by atoms with Crippen LogP contribution in [0.4, 0.5) is 0 Å². The molecular formula is C18H36N3O3S+. The Labute approximate surface area is 153 Å². The number of nitrogens with zero attached hydrogens (tertiary/aromatic N) is 1. The molecule has 2 heterocycles. The SMILES string of the molecule is CCS(=O)(=O)N1CCC(C(=O)NCCC[NH+]2C[C@@H](C)C[C@H](C)C2)CC1. The van der Waals surface area contributed by atoms with Crippen molar-refractivity contribution in [1.82, 2.24) is 9.62 Å². The minimum atomic E-state index is -3.11. The lowest BCUT2D eigenvalue weighted by Gasteiger charge is -2.32. The summed E-state index contributed by atoms with van der Waals surface area (Å²) in [6.45, 7) is 11.7. The van der Waals surface area contributed by atoms with Gasteiger partial charge < -0.3 is 10.2 Å². The minimum Gasteiger partial charge on any atom is -0.356 e. The van der Waals surface area contributed by atoms with Gasteiger partial charge in [-0.3, -0.25) is 4.79 Å². The number of likely N-dealkylation sites (tertiary alicyclic amines) is 1. The van der Waals surface area contributed by atoms with Crippen molar-refractivity contribution in [3.05, 3.63) is 0 Å². The number of amides is 1. The summed E-state index contributed by atoms with van der Waals surface area (Å²) in [5, 5.41) is 3.06. The zero-order valence-electron chi connectivity index (χ0n) is 16.1. The molecule has 25 heavy (non-hydrogen) atoms. The lowest BCUT2D eigenvalue weighted by atomic mass is 9.92. The van der Waals surface area contributed by atoms with Gasteiger partial charge in [-0.05, 0) is 26.2 Å². The van der Waals surface area contributed by atoms with Gasteiger partial charge in [0.05, 0.1) is 25.4 Å². The van der Waals surface area contributed by atoms with E-state index in [4.69, 9.17) is 0 Å². The second-order valence-electron chi connectivity index (χ2n) is 8.07. The molecule has 0 aromatic carbocycles. The summed E-state index contributed by atoms with van der Waals surface area (Å²) in [6.07, 6.45) is 3.63. The number of carbonyl (C=O) groups is 1. The van der Waals surface area contributed by atoms with E-state index in [9.17, 15) is 13.2 Å². The molecule has 2 aliphatic heterocycles. The first kappa shape index (κ1) is 20.6. The van der Waals surface area contributed by atoms with Crippen LogP contribution in [0.3, 0.4) is 0 Å². The first-order chi connectivity index (χ1) is 11.8. The van der Waals surface area contributed by atoms with Crippen LogP contribution in [-0.2, 0) is 14.8 Å². The van der Waals surface area contributed by atoms with Crippen molar-refractivity contribution in [2.45, 2.75) is 46.5 Å². The van der Waals surface area contributed by atoms with Crippen LogP contribution in [0.2, 0.25) is 0 Å². The van der Waals surface area contributed by atoms with Gasteiger partial charge >= 0.3 is 0 Å². The molecule has 6 nitrogen and oxygen atoms in total. The molecule has 0 radical (unpaired) electrons. The Bertz CT molecular complexity index is 520. The van der Waals surface area contributed by atoms with E-state index < -0.39 is 10.0 Å². The van der Waals surface area contributed by atoms with E-state index in [1.807, 2.05) is 0 Å². The molecule has 2 atom stereocenters. The number of sulfonamides is 1. The summed E-state index contributed by atoms with van der Waals surface area (Å²) in [6, 6.07) is 0. The Balaban J connectivity index is 1.63. The third kappa shape index (κ3) is 6.22. The quantitative estimate of drug-likeness (QED) is 0.622. The van der Waals surface area contributed by atoms with Gasteiger partial charge in [0.15, 0.2) is 0 Å². The predicted octanol–water partition coefficient (Wildman–Crippen LogP) is 0.115. The molecule has 146 valence electrons. The summed E-state index contributed by atoms with van der Waals surface area (Å²) >= 11 is 0. The van der Waals surface area contributed by atoms with Crippen LogP contribution in [0.15, 0.2) is 0 Å². The fourth-order valence-electron chi connectivity index (χ4n) is 4.40. The number of carbonyl (C=O) groups excluding carboxylic acids is 1. The van der Waals surface area contributed by atoms with Crippen LogP contribution in [0, 0.1) is 17.8 Å². The van der Waals surface area contributed by atoms with E-state index in [1.165, 1.54) is 23.8 Å². The molecule has 0 unspecified atom stereocenters. The predicted molar refractivity (Wildman–Crippen MR) is 99.9 cm³/mol. The van der Waals surface area contributed by atoms with E-state index in [0.717, 1.165) is 31.3 Å². The van der Waals surface area contributed by atoms with Gasteiger partial charge in [0.1, 0.15) is 0 Å². The van der Waals surface area contributed by atoms with Gasteiger partial charge in [-0.15, -0.1) is 0 Å². The molecule has 0 spiro atoms. The molecule has 0 saturated carbocycles. The highest BCUT2D eigenvalue weighted by Crippen LogP contribution is 2.20. The van der Waals surface area contributed by atoms with Crippen molar-refractivity contribution >= 4 is 15.9 Å². The van der Waals surface area contributed by atoms with Crippen LogP contribution in [-0.4, -0.2) is 63.7 Å². The topological polar surface area (TPSA) is 70.9 Å². The zero-order chi connectivity index (χ0) is 18.4. The minimum absolute atomic E-state index is 0.0364. The van der Waals surface area contributed by atoms with Crippen LogP contribution in [0.1, 0.15) is 46.5 Å². The lowest BCUT2D eigenvalue weighted by molar-refractivity contribution is -0.912. The Morgan fingerprint density at radius 1 is 1.16 bits per heavy atom. The molecule has 0 bridgehead atoms. The normalized spacial score (nSPS) is 29.5. The van der Waals surface area contributed by atoms with Gasteiger partial charge in [0, 0.05) is 43.8 Å². The summed E-state index contributed by atoms with van der Waals surface area (Å²) in [5.74, 6) is 1.81. The number of piperidine rings is 2. The zero-order valence-corrected chi connectivity index (χ0v) is 16.9. The average molecular weight is 375 g/mol. The van der Waals surface area contributed by atoms with Gasteiger partial charge in [0.25, 0.3) is 0 Å². The monoisotopic (exact) mass is 374 g/mol. The largest absolute Gasteiger partial charge is 0.356 e. The number of hydrogen-bond donors (Lipinski definition) is 2. The first-order valence-electron chi connectivity index (χ1n) is 9.91. The van der Waals surface area contributed by atoms with E-state index in [0.29, 0.717) is 25.9 Å². The third-order valence-corrected chi connectivity index (χ3v) is 7.55. The summed E-state index contributed by atoms with van der Waals surface area (Å²) < 4.78 is 25.2. The molecule has 2 N–H and O–H groups in total. The van der Waals surface area contributed by atoms with Gasteiger partial charge in [0.2, 0.25) is 15.9 Å². The molecule has 2 rings (SSSR count). The maximum Gasteiger partial charge on any atom is 0.223 e. The maximum atomic E-state index is 12.3. The second kappa shape index (κ2) is 9.33. The average Bonchev–Trinajstić information content (AvgIpc) is 2.58. The van der Waals surface area contributed by atoms with Crippen LogP contribution in [0.25, 0.3) is 0 Å². The summed E-state index contributed by atoms with van der Waals surface area (Å²) in [4.78, 5) is 14.0. The molecule has 2 aliphatic rings. The molecule has 0 aliphatic carbocycles. The van der Waals surface area contributed by atoms with E-state index in [1.54, 1.807) is 11.8 Å². The van der Waals surface area contributed by atoms with E-state index in [2.05, 4.69) is 19.2 Å². The smallest absolute Gasteiger partial charge is 0.223 e. The number of rotatable bonds is 7. The van der Waals surface area contributed by atoms with Crippen LogP contribution >= 0.6 is 0 Å². The number of nitrogens with one attached hydrogen (secondary N) is 2. The van der Waals surface area contributed by atoms with Gasteiger partial charge in [-0.2, -0.15) is 0 Å². The van der Waals surface area contributed by atoms with Crippen molar-refractivity contribution in [1.29, 1.82) is 0 Å². The Morgan fingerprint density at radius 3 is 2.32 bits per heavy atom. The standard InChI is InChI=1S/C18H35N3O3S/c1-4-25(23,24)21-10-6-17(7-11-21)18(22)19-8-5-9-20-13-15(2)12-16(3)14-20/h15-17H,4-14H2,1-3H3,(H,19,22)/p+1/t15-,16-/m0/s1. The Morgan fingerprint density at radius 2 is 1.76 bits per heavy atom. The molecule has 2 fully saturated rings. The summed E-state index contributed by atoms with van der Waals surface area (Å²) in [5.41, 5.74) is 0. The molecule has 0 aromatic heterocycles. The Hall–Kier alpha value is -0.660. The third-order valence-electron chi connectivity index (χ3n) is 5.67. The maximum absolute atomic E-state index is 12.3. The van der Waals surface area contributed by atoms with Crippen molar-refractivity contribution in [2.75, 3.05) is 45.0 Å². The van der Waals surface area contributed by atoms with Gasteiger partial charge in [-0.25, -0.2) is 12.7 Å². The highest BCUT2D eigenvalue weighted by molar-refractivity contribution is 7.89. The Kier molecular flexibility index (Phi) is 7.70. The van der Waals surface area contributed by atoms with Crippen molar-refractivity contribution in [3.8, 4) is 0 Å². The van der Waals surface area contributed by atoms with Gasteiger partial charge in [-0.1, -0.05) is 13.8 Å². The second-order valence-corrected chi connectivity index (χ2v) is 10.3. The number of quaternary nitrogens is 1. The van der Waals surface area contributed by atoms with Crippen molar-refractivity contribution < 1.29 is 18.1 Å². The molecule has 2 saturated heterocycles. The molecule has 1 amide bonds. The fraction of sp³-hybridized carbons (Fsp3) is 0.944. The van der Waals surface area contributed by atoms with Crippen LogP contribution in [0.5, 0.6) is 0 Å². The first-order valence-corrected chi connectivity index (χ1v) is 11.5. The molecule has 7 heteroatoms. The molecular weight excluding hydrogens is 338 g/mol. The van der Waals surface area contributed by atoms with E-state index >= 15 is 0 Å². The van der Waals surface area contributed by atoms with Crippen molar-refractivity contribution in [2.24, 2.45) is 17.8 Å². The highest BCUT2D eigenvalue weighted by atomic mass is 32.2. The molecule has 0 aromatic rings. The summed E-state index contributed by atoms with van der Waals surface area (Å²) in [7, 11) is -3.11. The van der Waals surface area contributed by atoms with Crippen molar-refractivity contribution in [3.63, 3.8) is 0 Å². The highest BCUT2D eigenvalue weighted by Gasteiger charge is 2.30. The van der Waals surface area contributed by atoms with E-state index in [-0.39, 0.29) is 17.6 Å². The van der Waals surface area contributed by atoms with Crippen LogP contribution < -0.4 is 10.2 Å².